The molecule has 4 aromatic rings. The predicted molar refractivity (Wildman–Crippen MR) is 359 cm³/mol. The number of carbonyl (C=O) groups is 8. The van der Waals surface area contributed by atoms with Gasteiger partial charge in [-0.1, -0.05) is 151 Å². The molecule has 0 radical (unpaired) electrons. The maximum atomic E-state index is 13.5. The summed E-state index contributed by atoms with van der Waals surface area (Å²) < 4.78 is 45.9. The van der Waals surface area contributed by atoms with Gasteiger partial charge in [-0.05, 0) is 94.5 Å². The number of carbonyl (C=O) groups excluding carboxylic acids is 8. The van der Waals surface area contributed by atoms with E-state index >= 15 is 0 Å². The Balaban J connectivity index is 0.000000271. The average molecular weight is 1390 g/mol. The largest absolute Gasteiger partial charge is 0.495 e. The Hall–Kier alpha value is -7.53. The summed E-state index contributed by atoms with van der Waals surface area (Å²) >= 11 is 18.6. The summed E-state index contributed by atoms with van der Waals surface area (Å²) in [6.45, 7) is 14.5. The lowest BCUT2D eigenvalue weighted by Gasteiger charge is -2.27. The average Bonchev–Trinajstić information content (AvgIpc) is 1.64. The Morgan fingerprint density at radius 3 is 1.24 bits per heavy atom. The molecule has 4 aliphatic rings. The monoisotopic (exact) mass is 1390 g/mol. The Morgan fingerprint density at radius 1 is 0.521 bits per heavy atom. The minimum Gasteiger partial charge on any atom is -0.495 e. The first-order chi connectivity index (χ1) is 45.8. The van der Waals surface area contributed by atoms with Gasteiger partial charge in [0, 0.05) is 56.5 Å². The van der Waals surface area contributed by atoms with Gasteiger partial charge in [0.05, 0.1) is 54.9 Å². The van der Waals surface area contributed by atoms with E-state index in [1.807, 2.05) is 90.1 Å². The summed E-state index contributed by atoms with van der Waals surface area (Å²) in [6, 6.07) is 23.5. The Bertz CT molecular complexity index is 3180. The third-order valence-corrected chi connectivity index (χ3v) is 17.9. The Kier molecular flexibility index (Phi) is 28.6. The molecular formula is C72H89Cl3N4O17. The number of halogens is 3. The van der Waals surface area contributed by atoms with Crippen LogP contribution < -0.4 is 30.7 Å². The van der Waals surface area contributed by atoms with E-state index in [9.17, 15) is 43.5 Å². The van der Waals surface area contributed by atoms with E-state index in [-0.39, 0.29) is 106 Å². The molecule has 4 aliphatic heterocycles. The second kappa shape index (κ2) is 36.2. The number of aliphatic hydroxyl groups excluding tert-OH is 1. The van der Waals surface area contributed by atoms with Crippen LogP contribution >= 0.6 is 34.8 Å². The molecule has 520 valence electrons. The molecule has 24 heteroatoms. The normalized spacial score (nSPS) is 26.9. The highest BCUT2D eigenvalue weighted by molar-refractivity contribution is 6.32. The fourth-order valence-corrected chi connectivity index (χ4v) is 11.8. The number of epoxide rings is 2. The molecule has 0 unspecified atom stereocenters. The maximum absolute atomic E-state index is 13.5. The lowest BCUT2D eigenvalue weighted by Crippen LogP contribution is -2.49. The molecule has 4 aromatic carbocycles. The topological polar surface area (TPSA) is 285 Å². The van der Waals surface area contributed by atoms with Gasteiger partial charge >= 0.3 is 23.9 Å². The fraction of sp³-hybridized carbons (Fsp3) is 0.500. The van der Waals surface area contributed by atoms with Crippen LogP contribution in [0.3, 0.4) is 0 Å². The quantitative estimate of drug-likeness (QED) is 0.0268. The smallest absolute Gasteiger partial charge is 0.347 e. The molecule has 2 fully saturated rings. The summed E-state index contributed by atoms with van der Waals surface area (Å²) in [5.74, 6) is -5.41. The van der Waals surface area contributed by atoms with Crippen molar-refractivity contribution >= 4 is 82.3 Å². The SMILES string of the molecule is COc1ccc(C[C@H]2NC(=O)/C=C/C[C@@H]([C@H](C)[C@H]3O[C@@H]3c3ccc(CCl)cc3)OC(=O)[C@H](CC(C)C)OC(=O)[C@H](C)CNC2=O)cc1Cl.COc1ccc(C[C@H]2NC(=O)/C=C/C[C@@H]([C@H](C)[C@H]3O[C@@H]3c3ccc(CO)cc3)OC(=O)[C@H](CC(C)C)OC(=O)[C@H](C)CNC2=O)cc1Cl. The molecule has 96 heavy (non-hydrogen) atoms. The van der Waals surface area contributed by atoms with Crippen molar-refractivity contribution in [3.8, 4) is 11.5 Å². The van der Waals surface area contributed by atoms with E-state index in [0.29, 0.717) is 38.6 Å². The minimum absolute atomic E-state index is 0.0145. The second-order valence-corrected chi connectivity index (χ2v) is 26.7. The summed E-state index contributed by atoms with van der Waals surface area (Å²) in [5.41, 5.74) is 5.08. The number of hydrogen-bond donors (Lipinski definition) is 5. The number of nitrogens with one attached hydrogen (secondary N) is 4. The van der Waals surface area contributed by atoms with Crippen LogP contribution in [0.5, 0.6) is 11.5 Å². The van der Waals surface area contributed by atoms with Crippen LogP contribution in [0.4, 0.5) is 0 Å². The third kappa shape index (κ3) is 22.3. The maximum Gasteiger partial charge on any atom is 0.347 e. The first kappa shape index (κ1) is 75.8. The number of hydrogen-bond acceptors (Lipinski definition) is 17. The lowest BCUT2D eigenvalue weighted by molar-refractivity contribution is -0.176. The van der Waals surface area contributed by atoms with E-state index in [1.54, 1.807) is 62.4 Å². The van der Waals surface area contributed by atoms with E-state index in [0.717, 1.165) is 22.3 Å². The molecule has 21 nitrogen and oxygen atoms in total. The second-order valence-electron chi connectivity index (χ2n) is 25.6. The number of rotatable bonds is 18. The first-order valence-electron chi connectivity index (χ1n) is 32.4. The van der Waals surface area contributed by atoms with Crippen molar-refractivity contribution in [2.75, 3.05) is 27.3 Å². The van der Waals surface area contributed by atoms with Crippen molar-refractivity contribution in [2.45, 2.75) is 167 Å². The summed E-state index contributed by atoms with van der Waals surface area (Å²) in [7, 11) is 3.00. The van der Waals surface area contributed by atoms with Gasteiger partial charge in [0.1, 0.15) is 48.0 Å². The van der Waals surface area contributed by atoms with Crippen molar-refractivity contribution in [1.29, 1.82) is 0 Å². The summed E-state index contributed by atoms with van der Waals surface area (Å²) in [5, 5.41) is 21.1. The molecule has 2 saturated heterocycles. The number of esters is 4. The van der Waals surface area contributed by atoms with Crippen LogP contribution in [0.2, 0.25) is 10.0 Å². The van der Waals surface area contributed by atoms with Gasteiger partial charge in [-0.3, -0.25) is 28.8 Å². The van der Waals surface area contributed by atoms with Crippen LogP contribution in [0.1, 0.15) is 127 Å². The molecule has 0 saturated carbocycles. The standard InChI is InChI=1S/C36H44Cl2N2O8.C36H45ClN2O9/c1-20(2)15-30-36(44)46-28(22(4)32-33(48-32)25-12-9-23(18-37)10-13-25)7-6-8-31(41)40-27(34(42)39-19-21(3)35(43)47-30)17-24-11-14-29(45-5)26(38)16-24;1-20(2)15-30-36(44)46-28(22(4)32-33(48-32)25-12-9-23(19-40)10-13-25)7-6-8-31(41)39-27(34(42)38-18-21(3)35(43)47-30)17-24-11-14-29(45-5)26(37)16-24/h6,8-14,16,20-22,27-28,30,32-33H,7,15,17-19H2,1-5H3,(H,39,42)(H,40,41);6,8-14,16,20-22,27-28,30,32-33,40H,7,15,17-19H2,1-5H3,(H,38,42)(H,39,41)/b2*8-6+/t2*21-,22+,27-,28+,30+,32-,33-/m11/s1. The van der Waals surface area contributed by atoms with Gasteiger partial charge < -0.3 is 64.3 Å². The highest BCUT2D eigenvalue weighted by Crippen LogP contribution is 2.47. The van der Waals surface area contributed by atoms with Crippen molar-refractivity contribution in [3.05, 3.63) is 153 Å². The molecule has 8 rings (SSSR count). The highest BCUT2D eigenvalue weighted by atomic mass is 35.5. The number of benzene rings is 4. The molecule has 5 N–H and O–H groups in total. The van der Waals surface area contributed by atoms with Crippen LogP contribution in [0, 0.1) is 35.5 Å². The number of aliphatic hydroxyl groups is 1. The highest BCUT2D eigenvalue weighted by Gasteiger charge is 2.49. The van der Waals surface area contributed by atoms with Gasteiger partial charge in [-0.2, -0.15) is 0 Å². The zero-order valence-corrected chi connectivity index (χ0v) is 58.1. The number of ether oxygens (including phenoxy) is 8. The molecule has 0 spiro atoms. The molecule has 4 heterocycles. The number of amides is 4. The van der Waals surface area contributed by atoms with Crippen molar-refractivity contribution < 1.29 is 81.4 Å². The van der Waals surface area contributed by atoms with Crippen LogP contribution in [0.15, 0.2) is 109 Å². The number of cyclic esters (lactones) is 4. The van der Waals surface area contributed by atoms with Crippen LogP contribution in [0.25, 0.3) is 0 Å². The first-order valence-corrected chi connectivity index (χ1v) is 33.7. The zero-order valence-electron chi connectivity index (χ0n) is 55.8. The zero-order chi connectivity index (χ0) is 69.9. The van der Waals surface area contributed by atoms with Crippen LogP contribution in [-0.2, 0) is 92.1 Å². The van der Waals surface area contributed by atoms with E-state index < -0.39 is 95.8 Å². The molecule has 4 amide bonds. The van der Waals surface area contributed by atoms with Crippen molar-refractivity contribution in [3.63, 3.8) is 0 Å². The van der Waals surface area contributed by atoms with Gasteiger partial charge in [0.2, 0.25) is 23.6 Å². The molecule has 0 aliphatic carbocycles. The van der Waals surface area contributed by atoms with Crippen LogP contribution in [-0.4, -0.2) is 129 Å². The molecular weight excluding hydrogens is 1300 g/mol. The Morgan fingerprint density at radius 2 is 0.896 bits per heavy atom. The fourth-order valence-electron chi connectivity index (χ4n) is 11.1. The van der Waals surface area contributed by atoms with E-state index in [1.165, 1.54) is 26.4 Å². The number of alkyl halides is 1. The Labute approximate surface area is 576 Å². The van der Waals surface area contributed by atoms with Gasteiger partial charge in [-0.15, -0.1) is 11.6 Å². The molecule has 0 bridgehead atoms. The predicted octanol–water partition coefficient (Wildman–Crippen LogP) is 9.70. The summed E-state index contributed by atoms with van der Waals surface area (Å²) in [4.78, 5) is 106. The van der Waals surface area contributed by atoms with Gasteiger partial charge in [0.15, 0.2) is 12.2 Å². The van der Waals surface area contributed by atoms with E-state index in [4.69, 9.17) is 72.7 Å². The molecule has 14 atom stereocenters. The number of methoxy groups -OCH3 is 2. The third-order valence-electron chi connectivity index (χ3n) is 17.0. The van der Waals surface area contributed by atoms with Gasteiger partial charge in [-0.25, -0.2) is 9.59 Å². The minimum atomic E-state index is -1.15. The van der Waals surface area contributed by atoms with Crippen molar-refractivity contribution in [2.24, 2.45) is 35.5 Å². The molecule has 0 aromatic heterocycles. The van der Waals surface area contributed by atoms with Gasteiger partial charge in [0.25, 0.3) is 0 Å². The van der Waals surface area contributed by atoms with E-state index in [2.05, 4.69) is 21.3 Å². The summed E-state index contributed by atoms with van der Waals surface area (Å²) in [6.07, 6.45) is 2.31. The van der Waals surface area contributed by atoms with Crippen molar-refractivity contribution in [1.82, 2.24) is 21.3 Å². The lowest BCUT2D eigenvalue weighted by atomic mass is 9.93.